The van der Waals surface area contributed by atoms with Gasteiger partial charge >= 0.3 is 6.03 Å². The Morgan fingerprint density at radius 3 is 2.83 bits per heavy atom. The quantitative estimate of drug-likeness (QED) is 0.738. The molecular formula is C16H20N4O3S. The fourth-order valence-electron chi connectivity index (χ4n) is 2.63. The highest BCUT2D eigenvalue weighted by Gasteiger charge is 2.15. The van der Waals surface area contributed by atoms with Crippen LogP contribution in [0.1, 0.15) is 44.7 Å². The number of carbonyl (C=O) groups is 2. The molecule has 0 aliphatic heterocycles. The van der Waals surface area contributed by atoms with E-state index in [1.54, 1.807) is 17.4 Å². The van der Waals surface area contributed by atoms with Crippen molar-refractivity contribution in [2.45, 2.75) is 38.6 Å². The number of rotatable bonds is 6. The van der Waals surface area contributed by atoms with Crippen molar-refractivity contribution < 1.29 is 14.0 Å². The average molecular weight is 348 g/mol. The summed E-state index contributed by atoms with van der Waals surface area (Å²) in [7, 11) is 0. The Morgan fingerprint density at radius 1 is 1.25 bits per heavy atom. The summed E-state index contributed by atoms with van der Waals surface area (Å²) >= 11 is 1.76. The van der Waals surface area contributed by atoms with Crippen LogP contribution >= 0.6 is 11.3 Å². The third-order valence-corrected chi connectivity index (χ3v) is 5.06. The Hall–Kier alpha value is -2.35. The topological polar surface area (TPSA) is 110 Å². The van der Waals surface area contributed by atoms with E-state index in [1.165, 1.54) is 29.5 Å². The molecule has 1 aliphatic rings. The molecule has 0 spiro atoms. The Labute approximate surface area is 143 Å². The van der Waals surface area contributed by atoms with Crippen LogP contribution in [0.5, 0.6) is 0 Å². The van der Waals surface area contributed by atoms with Crippen molar-refractivity contribution in [1.29, 1.82) is 0 Å². The normalized spacial score (nSPS) is 13.3. The van der Waals surface area contributed by atoms with Crippen molar-refractivity contribution in [3.05, 3.63) is 39.2 Å². The monoisotopic (exact) mass is 348 g/mol. The number of amides is 3. The lowest BCUT2D eigenvalue weighted by molar-refractivity contribution is 0.0972. The molecule has 2 heterocycles. The fourth-order valence-corrected chi connectivity index (χ4v) is 3.79. The molecule has 2 aromatic heterocycles. The summed E-state index contributed by atoms with van der Waals surface area (Å²) in [6, 6.07) is 2.82. The standard InChI is InChI=1S/C16H20N4O3S/c17-15(21)12-6-5-10(23-12)9-19-16(22)18-8-7-14-20-11-3-1-2-4-13(11)24-14/h5-6H,1-4,7-9H2,(H2,17,21)(H2,18,19,22). The fraction of sp³-hybridized carbons (Fsp3) is 0.438. The van der Waals surface area contributed by atoms with Crippen LogP contribution in [0.25, 0.3) is 0 Å². The van der Waals surface area contributed by atoms with Crippen molar-refractivity contribution in [1.82, 2.24) is 15.6 Å². The third-order valence-electron chi connectivity index (χ3n) is 3.84. The van der Waals surface area contributed by atoms with Gasteiger partial charge in [0.1, 0.15) is 5.76 Å². The molecule has 0 unspecified atom stereocenters. The van der Waals surface area contributed by atoms with Crippen LogP contribution in [0, 0.1) is 0 Å². The van der Waals surface area contributed by atoms with Gasteiger partial charge in [-0.2, -0.15) is 0 Å². The lowest BCUT2D eigenvalue weighted by Gasteiger charge is -2.06. The number of carbonyl (C=O) groups excluding carboxylic acids is 2. The SMILES string of the molecule is NC(=O)c1ccc(CNC(=O)NCCc2nc3c(s2)CCCC3)o1. The number of hydrogen-bond acceptors (Lipinski definition) is 5. The molecule has 0 fully saturated rings. The molecule has 4 N–H and O–H groups in total. The number of fused-ring (bicyclic) bond motifs is 1. The van der Waals surface area contributed by atoms with Gasteiger partial charge in [-0.3, -0.25) is 4.79 Å². The summed E-state index contributed by atoms with van der Waals surface area (Å²) in [6.07, 6.45) is 5.42. The van der Waals surface area contributed by atoms with Gasteiger partial charge in [-0.1, -0.05) is 0 Å². The molecule has 0 atom stereocenters. The second-order valence-corrected chi connectivity index (χ2v) is 6.84. The van der Waals surface area contributed by atoms with Crippen LogP contribution in [-0.2, 0) is 25.8 Å². The van der Waals surface area contributed by atoms with Gasteiger partial charge in [0.15, 0.2) is 5.76 Å². The number of furan rings is 1. The van der Waals surface area contributed by atoms with Gasteiger partial charge in [0, 0.05) is 17.8 Å². The van der Waals surface area contributed by atoms with Crippen molar-refractivity contribution in [3.8, 4) is 0 Å². The lowest BCUT2D eigenvalue weighted by atomic mass is 10.0. The Bertz CT molecular complexity index is 714. The van der Waals surface area contributed by atoms with Crippen LogP contribution in [-0.4, -0.2) is 23.5 Å². The summed E-state index contributed by atoms with van der Waals surface area (Å²) in [5.74, 6) is -0.0664. The molecule has 24 heavy (non-hydrogen) atoms. The molecular weight excluding hydrogens is 328 g/mol. The van der Waals surface area contributed by atoms with E-state index >= 15 is 0 Å². The minimum absolute atomic E-state index is 0.0833. The molecule has 128 valence electrons. The summed E-state index contributed by atoms with van der Waals surface area (Å²) in [6.45, 7) is 0.730. The Morgan fingerprint density at radius 2 is 2.08 bits per heavy atom. The highest BCUT2D eigenvalue weighted by Crippen LogP contribution is 2.26. The Balaban J connectivity index is 1.39. The molecule has 0 saturated carbocycles. The van der Waals surface area contributed by atoms with Gasteiger partial charge in [0.05, 0.1) is 17.2 Å². The van der Waals surface area contributed by atoms with Gasteiger partial charge in [-0.25, -0.2) is 9.78 Å². The number of nitrogens with zero attached hydrogens (tertiary/aromatic N) is 1. The van der Waals surface area contributed by atoms with Crippen LogP contribution in [0.15, 0.2) is 16.5 Å². The van der Waals surface area contributed by atoms with E-state index in [-0.39, 0.29) is 18.3 Å². The van der Waals surface area contributed by atoms with E-state index in [0.29, 0.717) is 12.3 Å². The largest absolute Gasteiger partial charge is 0.454 e. The first-order chi connectivity index (χ1) is 11.6. The van der Waals surface area contributed by atoms with Crippen LogP contribution in [0.4, 0.5) is 4.79 Å². The van der Waals surface area contributed by atoms with Gasteiger partial charge in [0.2, 0.25) is 0 Å². The summed E-state index contributed by atoms with van der Waals surface area (Å²) in [4.78, 5) is 28.7. The highest BCUT2D eigenvalue weighted by molar-refractivity contribution is 7.11. The molecule has 8 heteroatoms. The average Bonchev–Trinajstić information content (AvgIpc) is 3.19. The minimum Gasteiger partial charge on any atom is -0.454 e. The predicted octanol–water partition coefficient (Wildman–Crippen LogP) is 1.76. The number of urea groups is 1. The smallest absolute Gasteiger partial charge is 0.315 e. The van der Waals surface area contributed by atoms with E-state index in [0.717, 1.165) is 24.3 Å². The van der Waals surface area contributed by atoms with E-state index < -0.39 is 5.91 Å². The zero-order valence-corrected chi connectivity index (χ0v) is 14.1. The number of aryl methyl sites for hydroxylation is 2. The van der Waals surface area contributed by atoms with Crippen molar-refractivity contribution in [3.63, 3.8) is 0 Å². The number of nitrogens with two attached hydrogens (primary N) is 1. The lowest BCUT2D eigenvalue weighted by Crippen LogP contribution is -2.36. The van der Waals surface area contributed by atoms with Crippen molar-refractivity contribution in [2.75, 3.05) is 6.54 Å². The van der Waals surface area contributed by atoms with Gasteiger partial charge in [0.25, 0.3) is 5.91 Å². The minimum atomic E-state index is -0.628. The second kappa shape index (κ2) is 7.48. The molecule has 3 amide bonds. The zero-order valence-electron chi connectivity index (χ0n) is 13.3. The first-order valence-electron chi connectivity index (χ1n) is 7.99. The number of hydrogen-bond donors (Lipinski definition) is 3. The zero-order chi connectivity index (χ0) is 16.9. The number of thiazole rings is 1. The van der Waals surface area contributed by atoms with Gasteiger partial charge in [-0.15, -0.1) is 11.3 Å². The van der Waals surface area contributed by atoms with Crippen LogP contribution in [0.3, 0.4) is 0 Å². The maximum absolute atomic E-state index is 11.8. The summed E-state index contributed by atoms with van der Waals surface area (Å²) in [5, 5.41) is 6.55. The maximum atomic E-state index is 11.8. The van der Waals surface area contributed by atoms with Crippen LogP contribution < -0.4 is 16.4 Å². The maximum Gasteiger partial charge on any atom is 0.315 e. The van der Waals surface area contributed by atoms with Gasteiger partial charge < -0.3 is 20.8 Å². The number of nitrogens with one attached hydrogen (secondary N) is 2. The van der Waals surface area contributed by atoms with Gasteiger partial charge in [-0.05, 0) is 37.8 Å². The highest BCUT2D eigenvalue weighted by atomic mass is 32.1. The molecule has 7 nitrogen and oxygen atoms in total. The Kier molecular flexibility index (Phi) is 5.14. The van der Waals surface area contributed by atoms with Crippen molar-refractivity contribution in [2.24, 2.45) is 5.73 Å². The molecule has 0 bridgehead atoms. The second-order valence-electron chi connectivity index (χ2n) is 5.67. The molecule has 0 aromatic carbocycles. The van der Waals surface area contributed by atoms with E-state index in [9.17, 15) is 9.59 Å². The van der Waals surface area contributed by atoms with E-state index in [2.05, 4.69) is 15.6 Å². The van der Waals surface area contributed by atoms with Crippen molar-refractivity contribution >= 4 is 23.3 Å². The van der Waals surface area contributed by atoms with E-state index in [4.69, 9.17) is 10.2 Å². The molecule has 0 radical (unpaired) electrons. The summed E-state index contributed by atoms with van der Waals surface area (Å²) in [5.41, 5.74) is 6.35. The van der Waals surface area contributed by atoms with E-state index in [1.807, 2.05) is 0 Å². The molecule has 0 saturated heterocycles. The molecule has 2 aromatic rings. The number of primary amides is 1. The number of aromatic nitrogens is 1. The first-order valence-corrected chi connectivity index (χ1v) is 8.81. The van der Waals surface area contributed by atoms with Crippen LogP contribution in [0.2, 0.25) is 0 Å². The third kappa shape index (κ3) is 4.14. The summed E-state index contributed by atoms with van der Waals surface area (Å²) < 4.78 is 5.19. The molecule has 3 rings (SSSR count). The first kappa shape index (κ1) is 16.5. The predicted molar refractivity (Wildman–Crippen MR) is 89.9 cm³/mol. The molecule has 1 aliphatic carbocycles.